The smallest absolute Gasteiger partial charge is 0.272 e. The van der Waals surface area contributed by atoms with Crippen LogP contribution in [0, 0.1) is 13.8 Å². The van der Waals surface area contributed by atoms with Crippen LogP contribution in [0.1, 0.15) is 37.2 Å². The van der Waals surface area contributed by atoms with Crippen molar-refractivity contribution in [2.75, 3.05) is 10.6 Å². The van der Waals surface area contributed by atoms with E-state index in [1.54, 1.807) is 42.5 Å². The average molecular weight is 618 g/mol. The van der Waals surface area contributed by atoms with Crippen molar-refractivity contribution in [3.05, 3.63) is 153 Å². The molecule has 8 heteroatoms. The molecule has 6 nitrogen and oxygen atoms in total. The van der Waals surface area contributed by atoms with E-state index in [9.17, 15) is 14.4 Å². The van der Waals surface area contributed by atoms with Gasteiger partial charge in [-0.15, -0.1) is 23.1 Å². The molecule has 1 aromatic heterocycles. The summed E-state index contributed by atoms with van der Waals surface area (Å²) in [5.41, 5.74) is 4.88. The molecule has 1 heterocycles. The minimum absolute atomic E-state index is 0.121. The lowest BCUT2D eigenvalue weighted by molar-refractivity contribution is -0.116. The Kier molecular flexibility index (Phi) is 10.1. The Morgan fingerprint density at radius 3 is 2.16 bits per heavy atom. The van der Waals surface area contributed by atoms with Gasteiger partial charge in [-0.3, -0.25) is 14.4 Å². The molecule has 3 amide bonds. The molecule has 0 aliphatic carbocycles. The topological polar surface area (TPSA) is 87.3 Å². The summed E-state index contributed by atoms with van der Waals surface area (Å²) >= 11 is 2.89. The third kappa shape index (κ3) is 8.12. The van der Waals surface area contributed by atoms with Crippen LogP contribution in [0.5, 0.6) is 0 Å². The van der Waals surface area contributed by atoms with Crippen molar-refractivity contribution in [3.8, 4) is 0 Å². The molecule has 44 heavy (non-hydrogen) atoms. The summed E-state index contributed by atoms with van der Waals surface area (Å²) in [5, 5.41) is 10.2. The Balaban J connectivity index is 1.31. The number of anilines is 2. The lowest BCUT2D eigenvalue weighted by atomic mass is 10.1. The first kappa shape index (κ1) is 30.5. The molecular formula is C36H31N3O3S2. The molecule has 0 aliphatic rings. The SMILES string of the molecule is Cc1ccc(C)c(NC(=O)C(Sc2ccc(NC(=O)/C(=C/c3cccs3)NC(=O)c3ccccc3)cc2)c2ccccc2)c1. The number of nitrogens with one attached hydrogen (secondary N) is 3. The molecule has 220 valence electrons. The molecule has 0 aliphatic heterocycles. The fourth-order valence-electron chi connectivity index (χ4n) is 4.38. The van der Waals surface area contributed by atoms with Gasteiger partial charge in [-0.05, 0) is 90.5 Å². The van der Waals surface area contributed by atoms with E-state index in [0.717, 1.165) is 32.2 Å². The van der Waals surface area contributed by atoms with Gasteiger partial charge in [-0.25, -0.2) is 0 Å². The maximum atomic E-state index is 13.6. The van der Waals surface area contributed by atoms with E-state index in [1.165, 1.54) is 23.1 Å². The summed E-state index contributed by atoms with van der Waals surface area (Å²) in [6.45, 7) is 3.97. The Morgan fingerprint density at radius 1 is 0.773 bits per heavy atom. The van der Waals surface area contributed by atoms with Crippen molar-refractivity contribution in [1.82, 2.24) is 5.32 Å². The van der Waals surface area contributed by atoms with Gasteiger partial charge in [0.1, 0.15) is 10.9 Å². The lowest BCUT2D eigenvalue weighted by Crippen LogP contribution is -2.30. The highest BCUT2D eigenvalue weighted by atomic mass is 32.2. The predicted octanol–water partition coefficient (Wildman–Crippen LogP) is 8.25. The second-order valence-corrected chi connectivity index (χ2v) is 12.2. The van der Waals surface area contributed by atoms with Gasteiger partial charge in [0, 0.05) is 26.7 Å². The van der Waals surface area contributed by atoms with E-state index in [-0.39, 0.29) is 17.5 Å². The molecule has 1 unspecified atom stereocenters. The van der Waals surface area contributed by atoms with Crippen molar-refractivity contribution in [2.24, 2.45) is 0 Å². The number of thioether (sulfide) groups is 1. The highest BCUT2D eigenvalue weighted by molar-refractivity contribution is 8.00. The minimum atomic E-state index is -0.495. The Bertz CT molecular complexity index is 1770. The van der Waals surface area contributed by atoms with Crippen LogP contribution in [-0.4, -0.2) is 17.7 Å². The van der Waals surface area contributed by atoms with E-state index in [4.69, 9.17) is 0 Å². The van der Waals surface area contributed by atoms with E-state index in [1.807, 2.05) is 98.1 Å². The number of rotatable bonds is 10. The summed E-state index contributed by atoms with van der Waals surface area (Å²) in [4.78, 5) is 41.4. The van der Waals surface area contributed by atoms with Crippen LogP contribution in [-0.2, 0) is 9.59 Å². The molecule has 4 aromatic carbocycles. The van der Waals surface area contributed by atoms with E-state index in [0.29, 0.717) is 11.3 Å². The number of aryl methyl sites for hydroxylation is 2. The zero-order valence-electron chi connectivity index (χ0n) is 24.2. The highest BCUT2D eigenvalue weighted by Gasteiger charge is 2.23. The van der Waals surface area contributed by atoms with Crippen molar-refractivity contribution in [1.29, 1.82) is 0 Å². The van der Waals surface area contributed by atoms with Crippen LogP contribution in [0.15, 0.2) is 131 Å². The number of amides is 3. The van der Waals surface area contributed by atoms with E-state index >= 15 is 0 Å². The molecule has 0 saturated heterocycles. The van der Waals surface area contributed by atoms with Gasteiger partial charge in [-0.1, -0.05) is 66.7 Å². The second kappa shape index (κ2) is 14.5. The predicted molar refractivity (Wildman–Crippen MR) is 181 cm³/mol. The zero-order valence-corrected chi connectivity index (χ0v) is 25.9. The Labute approximate surface area is 265 Å². The van der Waals surface area contributed by atoms with Crippen LogP contribution in [0.25, 0.3) is 6.08 Å². The first-order chi connectivity index (χ1) is 21.4. The van der Waals surface area contributed by atoms with Gasteiger partial charge in [0.15, 0.2) is 0 Å². The summed E-state index contributed by atoms with van der Waals surface area (Å²) in [7, 11) is 0. The van der Waals surface area contributed by atoms with Gasteiger partial charge in [0.2, 0.25) is 5.91 Å². The fourth-order valence-corrected chi connectivity index (χ4v) is 6.06. The van der Waals surface area contributed by atoms with Crippen molar-refractivity contribution in [2.45, 2.75) is 24.0 Å². The number of benzene rings is 4. The maximum Gasteiger partial charge on any atom is 0.272 e. The molecule has 0 spiro atoms. The van der Waals surface area contributed by atoms with E-state index in [2.05, 4.69) is 16.0 Å². The minimum Gasteiger partial charge on any atom is -0.325 e. The zero-order chi connectivity index (χ0) is 30.9. The lowest BCUT2D eigenvalue weighted by Gasteiger charge is -2.18. The van der Waals surface area contributed by atoms with Crippen LogP contribution in [0.3, 0.4) is 0 Å². The molecule has 0 saturated carbocycles. The van der Waals surface area contributed by atoms with Crippen molar-refractivity contribution in [3.63, 3.8) is 0 Å². The van der Waals surface area contributed by atoms with Gasteiger partial charge in [0.05, 0.1) is 0 Å². The summed E-state index contributed by atoms with van der Waals surface area (Å²) in [5.74, 6) is -0.940. The number of carbonyl (C=O) groups is 3. The molecule has 5 rings (SSSR count). The van der Waals surface area contributed by atoms with Crippen LogP contribution in [0.2, 0.25) is 0 Å². The first-order valence-electron chi connectivity index (χ1n) is 14.0. The largest absolute Gasteiger partial charge is 0.325 e. The van der Waals surface area contributed by atoms with E-state index < -0.39 is 11.2 Å². The van der Waals surface area contributed by atoms with Crippen LogP contribution < -0.4 is 16.0 Å². The van der Waals surface area contributed by atoms with Gasteiger partial charge < -0.3 is 16.0 Å². The molecule has 5 aromatic rings. The number of hydrogen-bond acceptors (Lipinski definition) is 5. The van der Waals surface area contributed by atoms with Crippen LogP contribution in [0.4, 0.5) is 11.4 Å². The first-order valence-corrected chi connectivity index (χ1v) is 15.7. The number of carbonyl (C=O) groups excluding carboxylic acids is 3. The molecular weight excluding hydrogens is 587 g/mol. The average Bonchev–Trinajstić information content (AvgIpc) is 3.56. The third-order valence-corrected chi connectivity index (χ3v) is 8.80. The van der Waals surface area contributed by atoms with Gasteiger partial charge >= 0.3 is 0 Å². The van der Waals surface area contributed by atoms with Gasteiger partial charge in [0.25, 0.3) is 11.8 Å². The summed E-state index contributed by atoms with van der Waals surface area (Å²) in [6, 6.07) is 35.5. The standard InChI is InChI=1S/C36H31N3O3S2/c1-24-15-16-25(2)31(22-24)38-36(42)33(26-10-5-3-6-11-26)44-29-19-17-28(18-20-29)37-35(41)32(23-30-14-9-21-43-30)39-34(40)27-12-7-4-8-13-27/h3-23,33H,1-2H3,(H,37,41)(H,38,42)(H,39,40)/b32-23-. The Hall–Kier alpha value is -4.92. The van der Waals surface area contributed by atoms with Crippen LogP contribution >= 0.6 is 23.1 Å². The quantitative estimate of drug-likeness (QED) is 0.109. The molecule has 0 fully saturated rings. The maximum absolute atomic E-state index is 13.6. The molecule has 1 atom stereocenters. The fraction of sp³-hybridized carbons (Fsp3) is 0.0833. The molecule has 3 N–H and O–H groups in total. The second-order valence-electron chi connectivity index (χ2n) is 10.1. The van der Waals surface area contributed by atoms with Gasteiger partial charge in [-0.2, -0.15) is 0 Å². The normalized spacial score (nSPS) is 11.8. The number of thiophene rings is 1. The highest BCUT2D eigenvalue weighted by Crippen LogP contribution is 2.37. The number of hydrogen-bond donors (Lipinski definition) is 3. The van der Waals surface area contributed by atoms with Crippen molar-refractivity contribution >= 4 is 58.3 Å². The summed E-state index contributed by atoms with van der Waals surface area (Å²) in [6.07, 6.45) is 1.66. The Morgan fingerprint density at radius 2 is 1.48 bits per heavy atom. The third-order valence-electron chi connectivity index (χ3n) is 6.72. The molecule has 0 radical (unpaired) electrons. The monoisotopic (exact) mass is 617 g/mol. The molecule has 0 bridgehead atoms. The summed E-state index contributed by atoms with van der Waals surface area (Å²) < 4.78 is 0. The van der Waals surface area contributed by atoms with Crippen molar-refractivity contribution < 1.29 is 14.4 Å².